The predicted octanol–water partition coefficient (Wildman–Crippen LogP) is 4.21. The Balaban J connectivity index is 1.58. The molecular weight excluding hydrogens is 360 g/mol. The van der Waals surface area contributed by atoms with Crippen molar-refractivity contribution in [2.75, 3.05) is 68.6 Å². The minimum Gasteiger partial charge on any atom is -0.493 e. The van der Waals surface area contributed by atoms with Crippen molar-refractivity contribution in [3.8, 4) is 22.6 Å². The number of benzene rings is 2. The van der Waals surface area contributed by atoms with Gasteiger partial charge in [-0.25, -0.2) is 0 Å². The Labute approximate surface area is 176 Å². The molecule has 1 aliphatic rings. The Morgan fingerprint density at radius 3 is 1.79 bits per heavy atom. The average molecular weight is 399 g/mol. The summed E-state index contributed by atoms with van der Waals surface area (Å²) >= 11 is 0. The van der Waals surface area contributed by atoms with E-state index >= 15 is 0 Å². The van der Waals surface area contributed by atoms with E-state index in [9.17, 15) is 0 Å². The molecule has 0 spiro atoms. The highest BCUT2D eigenvalue weighted by Gasteiger charge is 2.20. The smallest absolute Gasteiger partial charge is 0.119 e. The second-order valence-corrected chi connectivity index (χ2v) is 10.2. The van der Waals surface area contributed by atoms with Crippen LogP contribution in [0.3, 0.4) is 0 Å². The first-order chi connectivity index (χ1) is 13.6. The van der Waals surface area contributed by atoms with Crippen LogP contribution in [0.25, 0.3) is 11.1 Å². The fourth-order valence-electron chi connectivity index (χ4n) is 3.78. The van der Waals surface area contributed by atoms with Gasteiger partial charge >= 0.3 is 0 Å². The van der Waals surface area contributed by atoms with E-state index in [1.807, 2.05) is 0 Å². The highest BCUT2D eigenvalue weighted by Crippen LogP contribution is 2.40. The van der Waals surface area contributed by atoms with Gasteiger partial charge in [-0.3, -0.25) is 0 Å². The van der Waals surface area contributed by atoms with E-state index < -0.39 is 0 Å². The van der Waals surface area contributed by atoms with Gasteiger partial charge in [-0.2, -0.15) is 0 Å². The van der Waals surface area contributed by atoms with Crippen molar-refractivity contribution < 1.29 is 18.4 Å². The fourth-order valence-corrected chi connectivity index (χ4v) is 3.78. The van der Waals surface area contributed by atoms with E-state index in [1.165, 1.54) is 22.3 Å². The number of hydrogen-bond donors (Lipinski definition) is 0. The van der Waals surface area contributed by atoms with Crippen LogP contribution in [0.5, 0.6) is 11.5 Å². The highest BCUT2D eigenvalue weighted by molar-refractivity contribution is 5.78. The zero-order valence-electron chi connectivity index (χ0n) is 19.1. The largest absolute Gasteiger partial charge is 0.493 e. The summed E-state index contributed by atoms with van der Waals surface area (Å²) in [5.74, 6) is 1.95. The van der Waals surface area contributed by atoms with Crippen molar-refractivity contribution >= 4 is 0 Å². The molecule has 4 heteroatoms. The van der Waals surface area contributed by atoms with E-state index in [0.717, 1.165) is 66.0 Å². The van der Waals surface area contributed by atoms with Crippen molar-refractivity contribution in [2.24, 2.45) is 0 Å². The molecule has 29 heavy (non-hydrogen) atoms. The fraction of sp³-hybridized carbons (Fsp3) is 0.520. The Morgan fingerprint density at radius 1 is 0.655 bits per heavy atom. The molecule has 0 heterocycles. The number of fused-ring (bicyclic) bond motifs is 3. The van der Waals surface area contributed by atoms with Gasteiger partial charge in [0, 0.05) is 12.8 Å². The van der Waals surface area contributed by atoms with E-state index in [-0.39, 0.29) is 0 Å². The van der Waals surface area contributed by atoms with Crippen molar-refractivity contribution in [3.63, 3.8) is 0 Å². The molecule has 0 aliphatic heterocycles. The molecule has 1 aliphatic carbocycles. The summed E-state index contributed by atoms with van der Waals surface area (Å²) in [6.45, 7) is 3.77. The van der Waals surface area contributed by atoms with Crippen LogP contribution >= 0.6 is 0 Å². The lowest BCUT2D eigenvalue weighted by Crippen LogP contribution is -2.36. The van der Waals surface area contributed by atoms with Crippen LogP contribution in [-0.4, -0.2) is 77.6 Å². The average Bonchev–Trinajstić information content (AvgIpc) is 2.98. The molecule has 0 N–H and O–H groups in total. The van der Waals surface area contributed by atoms with Gasteiger partial charge in [-0.1, -0.05) is 12.1 Å². The Morgan fingerprint density at radius 2 is 1.21 bits per heavy atom. The molecule has 158 valence electrons. The molecular formula is C25H38N2O2+2. The van der Waals surface area contributed by atoms with Crippen LogP contribution < -0.4 is 9.47 Å². The lowest BCUT2D eigenvalue weighted by molar-refractivity contribution is -0.870. The number of nitrogens with zero attached hydrogens (tertiary/aromatic N) is 2. The van der Waals surface area contributed by atoms with Gasteiger partial charge in [0.2, 0.25) is 0 Å². The van der Waals surface area contributed by atoms with Crippen molar-refractivity contribution in [1.29, 1.82) is 0 Å². The molecule has 0 fully saturated rings. The SMILES string of the molecule is C[N+](C)(C)CCCOc1ccc2c(c1)Cc1ccc(OCCC[N+](C)(C)C)cc1-2. The quantitative estimate of drug-likeness (QED) is 0.376. The second kappa shape index (κ2) is 8.76. The van der Waals surface area contributed by atoms with Crippen LogP contribution in [-0.2, 0) is 6.42 Å². The molecule has 0 saturated carbocycles. The zero-order valence-corrected chi connectivity index (χ0v) is 19.1. The summed E-state index contributed by atoms with van der Waals surface area (Å²) in [4.78, 5) is 0. The summed E-state index contributed by atoms with van der Waals surface area (Å²) in [7, 11) is 13.3. The summed E-state index contributed by atoms with van der Waals surface area (Å²) in [5.41, 5.74) is 5.35. The summed E-state index contributed by atoms with van der Waals surface area (Å²) < 4.78 is 14.0. The second-order valence-electron chi connectivity index (χ2n) is 10.2. The predicted molar refractivity (Wildman–Crippen MR) is 121 cm³/mol. The molecule has 0 atom stereocenters. The number of quaternary nitrogens is 2. The normalized spacial score (nSPS) is 13.2. The lowest BCUT2D eigenvalue weighted by Gasteiger charge is -2.23. The number of ether oxygens (including phenoxy) is 2. The van der Waals surface area contributed by atoms with E-state index in [4.69, 9.17) is 9.47 Å². The molecule has 0 amide bonds. The number of hydrogen-bond acceptors (Lipinski definition) is 2. The van der Waals surface area contributed by atoms with E-state index in [2.05, 4.69) is 78.7 Å². The maximum atomic E-state index is 6.02. The van der Waals surface area contributed by atoms with Crippen LogP contribution in [0.15, 0.2) is 36.4 Å². The molecule has 0 bridgehead atoms. The first-order valence-electron chi connectivity index (χ1n) is 10.7. The highest BCUT2D eigenvalue weighted by atomic mass is 16.5. The topological polar surface area (TPSA) is 18.5 Å². The van der Waals surface area contributed by atoms with Crippen molar-refractivity contribution in [3.05, 3.63) is 47.5 Å². The van der Waals surface area contributed by atoms with E-state index in [0.29, 0.717) is 0 Å². The van der Waals surface area contributed by atoms with E-state index in [1.54, 1.807) is 0 Å². The first kappa shape index (κ1) is 21.7. The standard InChI is InChI=1S/C25H38N2O2/c1-26(2,3)13-7-15-28-22-11-12-24-21(18-22)17-20-9-10-23(19-25(20)24)29-16-8-14-27(4,5)6/h9-12,18-19H,7-8,13-17H2,1-6H3/q+2. The molecule has 2 aromatic rings. The maximum absolute atomic E-state index is 6.02. The Kier molecular flexibility index (Phi) is 6.55. The van der Waals surface area contributed by atoms with Gasteiger partial charge in [0.15, 0.2) is 0 Å². The zero-order chi connectivity index (χ0) is 21.1. The van der Waals surface area contributed by atoms with Gasteiger partial charge in [-0.15, -0.1) is 0 Å². The van der Waals surface area contributed by atoms with Crippen LogP contribution in [0.4, 0.5) is 0 Å². The van der Waals surface area contributed by atoms with Crippen LogP contribution in [0.2, 0.25) is 0 Å². The third-order valence-electron chi connectivity index (χ3n) is 5.31. The van der Waals surface area contributed by atoms with Gasteiger partial charge in [-0.05, 0) is 52.9 Å². The minimum atomic E-state index is 0.765. The van der Waals surface area contributed by atoms with Crippen LogP contribution in [0.1, 0.15) is 24.0 Å². The molecule has 0 aromatic heterocycles. The van der Waals surface area contributed by atoms with Crippen molar-refractivity contribution in [2.45, 2.75) is 19.3 Å². The Bertz CT molecular complexity index is 832. The minimum absolute atomic E-state index is 0.765. The van der Waals surface area contributed by atoms with Crippen molar-refractivity contribution in [1.82, 2.24) is 0 Å². The maximum Gasteiger partial charge on any atom is 0.119 e. The third kappa shape index (κ3) is 6.48. The summed E-state index contributed by atoms with van der Waals surface area (Å²) in [6, 6.07) is 13.1. The molecule has 4 nitrogen and oxygen atoms in total. The lowest BCUT2D eigenvalue weighted by atomic mass is 10.1. The van der Waals surface area contributed by atoms with Gasteiger partial charge in [0.25, 0.3) is 0 Å². The molecule has 0 saturated heterocycles. The monoisotopic (exact) mass is 398 g/mol. The van der Waals surface area contributed by atoms with Gasteiger partial charge in [0.1, 0.15) is 11.5 Å². The summed E-state index contributed by atoms with van der Waals surface area (Å²) in [6.07, 6.45) is 3.10. The molecule has 0 radical (unpaired) electrons. The Hall–Kier alpha value is -2.04. The first-order valence-corrected chi connectivity index (χ1v) is 10.7. The summed E-state index contributed by atoms with van der Waals surface area (Å²) in [5, 5.41) is 0. The molecule has 0 unspecified atom stereocenters. The molecule has 3 rings (SSSR count). The van der Waals surface area contributed by atoms with Gasteiger partial charge < -0.3 is 18.4 Å². The molecule has 2 aromatic carbocycles. The van der Waals surface area contributed by atoms with Crippen LogP contribution in [0, 0.1) is 0 Å². The third-order valence-corrected chi connectivity index (χ3v) is 5.31. The van der Waals surface area contributed by atoms with Gasteiger partial charge in [0.05, 0.1) is 68.6 Å². The number of rotatable bonds is 10.